The summed E-state index contributed by atoms with van der Waals surface area (Å²) in [6.07, 6.45) is 0. The number of fused-ring (bicyclic) bond motifs is 1. The van der Waals surface area contributed by atoms with Gasteiger partial charge in [-0.05, 0) is 44.3 Å². The number of likely N-dealkylation sites (N-methyl/N-ethyl adjacent to an activating group) is 1. The highest BCUT2D eigenvalue weighted by molar-refractivity contribution is 6.32. The first-order valence-corrected chi connectivity index (χ1v) is 9.14. The number of benzene rings is 2. The lowest BCUT2D eigenvalue weighted by Gasteiger charge is -2.34. The molecule has 0 unspecified atom stereocenters. The second-order valence-corrected chi connectivity index (χ2v) is 7.15. The minimum absolute atomic E-state index is 0.0921. The largest absolute Gasteiger partial charge is 0.369 e. The molecule has 0 amide bonds. The SMILES string of the molecule is Cc1nc2cc(N3CCN(C)CC3)ccc2c(=O)n1-c1ccccc1Cl. The summed E-state index contributed by atoms with van der Waals surface area (Å²) in [5, 5.41) is 1.14. The van der Waals surface area contributed by atoms with Crippen LogP contribution in [0.5, 0.6) is 0 Å². The third kappa shape index (κ3) is 2.97. The van der Waals surface area contributed by atoms with Crippen molar-refractivity contribution in [1.29, 1.82) is 0 Å². The summed E-state index contributed by atoms with van der Waals surface area (Å²) >= 11 is 6.29. The molecule has 2 aromatic carbocycles. The summed E-state index contributed by atoms with van der Waals surface area (Å²) in [6, 6.07) is 13.3. The zero-order chi connectivity index (χ0) is 18.3. The molecule has 6 heteroatoms. The van der Waals surface area contributed by atoms with Crippen LogP contribution >= 0.6 is 11.6 Å². The number of hydrogen-bond acceptors (Lipinski definition) is 4. The second kappa shape index (κ2) is 6.74. The molecule has 0 atom stereocenters. The number of piperazine rings is 1. The molecule has 1 aromatic heterocycles. The topological polar surface area (TPSA) is 41.4 Å². The molecule has 0 saturated carbocycles. The Hall–Kier alpha value is -2.37. The molecule has 5 nitrogen and oxygen atoms in total. The predicted molar refractivity (Wildman–Crippen MR) is 107 cm³/mol. The van der Waals surface area contributed by atoms with E-state index in [1.807, 2.05) is 43.3 Å². The van der Waals surface area contributed by atoms with E-state index in [-0.39, 0.29) is 5.56 Å². The van der Waals surface area contributed by atoms with Gasteiger partial charge in [0.2, 0.25) is 0 Å². The monoisotopic (exact) mass is 368 g/mol. The Morgan fingerprint density at radius 3 is 2.50 bits per heavy atom. The van der Waals surface area contributed by atoms with E-state index in [1.54, 1.807) is 10.6 Å². The standard InChI is InChI=1S/C20H21ClN4O/c1-14-22-18-13-15(24-11-9-23(2)10-12-24)7-8-16(18)20(26)25(14)19-6-4-3-5-17(19)21/h3-8,13H,9-12H2,1-2H3. The first-order chi connectivity index (χ1) is 12.5. The lowest BCUT2D eigenvalue weighted by Crippen LogP contribution is -2.44. The van der Waals surface area contributed by atoms with Gasteiger partial charge in [-0.25, -0.2) is 4.98 Å². The maximum atomic E-state index is 13.1. The smallest absolute Gasteiger partial charge is 0.266 e. The number of hydrogen-bond donors (Lipinski definition) is 0. The molecule has 3 aromatic rings. The van der Waals surface area contributed by atoms with E-state index in [9.17, 15) is 4.79 Å². The minimum atomic E-state index is -0.0921. The molecular weight excluding hydrogens is 348 g/mol. The highest BCUT2D eigenvalue weighted by Crippen LogP contribution is 2.23. The fraction of sp³-hybridized carbons (Fsp3) is 0.300. The number of anilines is 1. The van der Waals surface area contributed by atoms with Gasteiger partial charge in [-0.2, -0.15) is 0 Å². The molecule has 0 aliphatic carbocycles. The zero-order valence-electron chi connectivity index (χ0n) is 14.9. The van der Waals surface area contributed by atoms with Crippen molar-refractivity contribution in [2.75, 3.05) is 38.1 Å². The van der Waals surface area contributed by atoms with Gasteiger partial charge in [-0.1, -0.05) is 23.7 Å². The molecule has 1 aliphatic heterocycles. The molecule has 1 fully saturated rings. The summed E-state index contributed by atoms with van der Waals surface area (Å²) < 4.78 is 1.58. The fourth-order valence-corrected chi connectivity index (χ4v) is 3.68. The van der Waals surface area contributed by atoms with Crippen LogP contribution < -0.4 is 10.5 Å². The Balaban J connectivity index is 1.81. The average Bonchev–Trinajstić information content (AvgIpc) is 2.63. The van der Waals surface area contributed by atoms with Crippen molar-refractivity contribution in [3.63, 3.8) is 0 Å². The quantitative estimate of drug-likeness (QED) is 0.697. The normalized spacial score (nSPS) is 15.6. The third-order valence-electron chi connectivity index (χ3n) is 4.98. The van der Waals surface area contributed by atoms with Crippen molar-refractivity contribution in [1.82, 2.24) is 14.5 Å². The second-order valence-electron chi connectivity index (χ2n) is 6.74. The highest BCUT2D eigenvalue weighted by Gasteiger charge is 2.17. The molecule has 2 heterocycles. The maximum Gasteiger partial charge on any atom is 0.266 e. The number of aromatic nitrogens is 2. The minimum Gasteiger partial charge on any atom is -0.369 e. The summed E-state index contributed by atoms with van der Waals surface area (Å²) in [6.45, 7) is 5.89. The van der Waals surface area contributed by atoms with Gasteiger partial charge in [-0.15, -0.1) is 0 Å². The lowest BCUT2D eigenvalue weighted by atomic mass is 10.2. The summed E-state index contributed by atoms with van der Waals surface area (Å²) in [5.41, 5.74) is 2.42. The molecule has 1 saturated heterocycles. The number of para-hydroxylation sites is 1. The van der Waals surface area contributed by atoms with E-state index in [0.717, 1.165) is 37.4 Å². The predicted octanol–water partition coefficient (Wildman–Crippen LogP) is 3.10. The van der Waals surface area contributed by atoms with Gasteiger partial charge in [0.1, 0.15) is 5.82 Å². The molecule has 0 radical (unpaired) electrons. The van der Waals surface area contributed by atoms with Gasteiger partial charge < -0.3 is 9.80 Å². The van der Waals surface area contributed by atoms with Crippen molar-refractivity contribution in [2.24, 2.45) is 0 Å². The van der Waals surface area contributed by atoms with Crippen LogP contribution in [0.25, 0.3) is 16.6 Å². The van der Waals surface area contributed by atoms with Crippen LogP contribution in [0.1, 0.15) is 5.82 Å². The van der Waals surface area contributed by atoms with Gasteiger partial charge in [-0.3, -0.25) is 9.36 Å². The van der Waals surface area contributed by atoms with E-state index in [1.165, 1.54) is 0 Å². The van der Waals surface area contributed by atoms with Crippen molar-refractivity contribution >= 4 is 28.2 Å². The van der Waals surface area contributed by atoms with Gasteiger partial charge >= 0.3 is 0 Å². The number of nitrogens with zero attached hydrogens (tertiary/aromatic N) is 4. The van der Waals surface area contributed by atoms with Crippen LogP contribution in [-0.2, 0) is 0 Å². The molecular formula is C20H21ClN4O. The average molecular weight is 369 g/mol. The van der Waals surface area contributed by atoms with Crippen LogP contribution in [0.15, 0.2) is 47.3 Å². The summed E-state index contributed by atoms with van der Waals surface area (Å²) in [4.78, 5) is 22.4. The van der Waals surface area contributed by atoms with E-state index in [0.29, 0.717) is 21.9 Å². The van der Waals surface area contributed by atoms with Crippen molar-refractivity contribution in [3.05, 3.63) is 63.7 Å². The molecule has 4 rings (SSSR count). The van der Waals surface area contributed by atoms with Gasteiger partial charge in [0, 0.05) is 31.9 Å². The first kappa shape index (κ1) is 17.1. The third-order valence-corrected chi connectivity index (χ3v) is 5.30. The maximum absolute atomic E-state index is 13.1. The van der Waals surface area contributed by atoms with Crippen molar-refractivity contribution in [2.45, 2.75) is 6.92 Å². The van der Waals surface area contributed by atoms with Gasteiger partial charge in [0.15, 0.2) is 0 Å². The van der Waals surface area contributed by atoms with E-state index in [2.05, 4.69) is 16.8 Å². The Labute approximate surface area is 157 Å². The van der Waals surface area contributed by atoms with E-state index >= 15 is 0 Å². The van der Waals surface area contributed by atoms with E-state index < -0.39 is 0 Å². The van der Waals surface area contributed by atoms with Crippen LogP contribution in [0.4, 0.5) is 5.69 Å². The fourth-order valence-electron chi connectivity index (χ4n) is 3.46. The summed E-state index contributed by atoms with van der Waals surface area (Å²) in [5.74, 6) is 0.631. The first-order valence-electron chi connectivity index (χ1n) is 8.76. The van der Waals surface area contributed by atoms with Crippen LogP contribution in [0.2, 0.25) is 5.02 Å². The van der Waals surface area contributed by atoms with Crippen LogP contribution in [0.3, 0.4) is 0 Å². The van der Waals surface area contributed by atoms with Crippen LogP contribution in [0, 0.1) is 6.92 Å². The van der Waals surface area contributed by atoms with Gasteiger partial charge in [0.25, 0.3) is 5.56 Å². The van der Waals surface area contributed by atoms with Crippen molar-refractivity contribution in [3.8, 4) is 5.69 Å². The molecule has 0 N–H and O–H groups in total. The Kier molecular flexibility index (Phi) is 4.42. The Morgan fingerprint density at radius 1 is 1.04 bits per heavy atom. The highest BCUT2D eigenvalue weighted by atomic mass is 35.5. The Bertz CT molecular complexity index is 1020. The number of rotatable bonds is 2. The summed E-state index contributed by atoms with van der Waals surface area (Å²) in [7, 11) is 2.14. The van der Waals surface area contributed by atoms with Crippen LogP contribution in [-0.4, -0.2) is 47.7 Å². The van der Waals surface area contributed by atoms with Gasteiger partial charge in [0.05, 0.1) is 21.6 Å². The number of aryl methyl sites for hydroxylation is 1. The molecule has 0 bridgehead atoms. The molecule has 26 heavy (non-hydrogen) atoms. The number of halogens is 1. The molecule has 134 valence electrons. The van der Waals surface area contributed by atoms with Crippen molar-refractivity contribution < 1.29 is 0 Å². The van der Waals surface area contributed by atoms with E-state index in [4.69, 9.17) is 16.6 Å². The molecule has 1 aliphatic rings. The molecule has 0 spiro atoms. The Morgan fingerprint density at radius 2 is 1.77 bits per heavy atom. The lowest BCUT2D eigenvalue weighted by molar-refractivity contribution is 0.313. The zero-order valence-corrected chi connectivity index (χ0v) is 15.7.